The second-order valence-electron chi connectivity index (χ2n) is 6.01. The van der Waals surface area contributed by atoms with Crippen molar-refractivity contribution in [2.45, 2.75) is 0 Å². The molecule has 0 fully saturated rings. The number of anilines is 1. The third kappa shape index (κ3) is 7.15. The van der Waals surface area contributed by atoms with Crippen molar-refractivity contribution in [3.05, 3.63) is 53.1 Å². The Morgan fingerprint density at radius 1 is 1.13 bits per heavy atom. The Morgan fingerprint density at radius 2 is 1.81 bits per heavy atom. The van der Waals surface area contributed by atoms with E-state index in [1.54, 1.807) is 6.07 Å². The highest BCUT2D eigenvalue weighted by Crippen LogP contribution is 2.28. The lowest BCUT2D eigenvalue weighted by Crippen LogP contribution is -2.38. The normalized spacial score (nSPS) is 11.1. The van der Waals surface area contributed by atoms with Gasteiger partial charge in [-0.05, 0) is 48.0 Å². The van der Waals surface area contributed by atoms with Crippen LogP contribution in [0.5, 0.6) is 11.5 Å². The molecule has 1 amide bonds. The summed E-state index contributed by atoms with van der Waals surface area (Å²) in [5.41, 5.74) is 3.07. The second kappa shape index (κ2) is 10.6. The van der Waals surface area contributed by atoms with Crippen LogP contribution in [0.3, 0.4) is 0 Å². The van der Waals surface area contributed by atoms with Crippen molar-refractivity contribution in [2.24, 2.45) is 5.10 Å². The predicted octanol–water partition coefficient (Wildman–Crippen LogP) is 2.41. The molecule has 10 nitrogen and oxygen atoms in total. The zero-order chi connectivity index (χ0) is 23.0. The number of hydrogen-bond donors (Lipinski definition) is 1. The van der Waals surface area contributed by atoms with Crippen LogP contribution in [0.15, 0.2) is 47.6 Å². The molecule has 0 aromatic heterocycles. The van der Waals surface area contributed by atoms with Gasteiger partial charge in [0.1, 0.15) is 6.54 Å². The average molecular weight is 470 g/mol. The summed E-state index contributed by atoms with van der Waals surface area (Å²) in [6, 6.07) is 10.6. The number of amides is 1. The molecule has 0 radical (unpaired) electrons. The van der Waals surface area contributed by atoms with Gasteiger partial charge in [-0.25, -0.2) is 18.6 Å². The summed E-state index contributed by atoms with van der Waals surface area (Å²) in [5, 5.41) is 4.25. The Kier molecular flexibility index (Phi) is 8.22. The summed E-state index contributed by atoms with van der Waals surface area (Å²) in [5.74, 6) is -0.275. The zero-order valence-corrected chi connectivity index (χ0v) is 18.4. The molecule has 0 saturated carbocycles. The molecule has 0 aliphatic rings. The van der Waals surface area contributed by atoms with E-state index in [-0.39, 0.29) is 17.2 Å². The SMILES string of the molecule is COC(=O)Oc1ccc(/C=N\NC(=O)CN(c2ccc(Cl)cc2)S(C)(=O)=O)cc1OC. The number of ether oxygens (including phenoxy) is 3. The van der Waals surface area contributed by atoms with Gasteiger partial charge in [0.15, 0.2) is 11.5 Å². The first-order valence-corrected chi connectivity index (χ1v) is 10.9. The summed E-state index contributed by atoms with van der Waals surface area (Å²) in [7, 11) is -1.16. The van der Waals surface area contributed by atoms with E-state index >= 15 is 0 Å². The summed E-state index contributed by atoms with van der Waals surface area (Å²) in [6.45, 7) is -0.479. The maximum atomic E-state index is 12.2. The topological polar surface area (TPSA) is 124 Å². The van der Waals surface area contributed by atoms with E-state index in [1.165, 1.54) is 56.8 Å². The van der Waals surface area contributed by atoms with Gasteiger partial charge in [-0.1, -0.05) is 11.6 Å². The third-order valence-electron chi connectivity index (χ3n) is 3.75. The van der Waals surface area contributed by atoms with Gasteiger partial charge in [0.25, 0.3) is 5.91 Å². The van der Waals surface area contributed by atoms with Crippen LogP contribution < -0.4 is 19.2 Å². The Hall–Kier alpha value is -3.31. The van der Waals surface area contributed by atoms with Crippen molar-refractivity contribution in [3.8, 4) is 11.5 Å². The van der Waals surface area contributed by atoms with Crippen molar-refractivity contribution in [3.63, 3.8) is 0 Å². The van der Waals surface area contributed by atoms with Crippen LogP contribution in [0, 0.1) is 0 Å². The van der Waals surface area contributed by atoms with Crippen LogP contribution >= 0.6 is 11.6 Å². The fourth-order valence-corrected chi connectivity index (χ4v) is 3.31. The number of nitrogens with zero attached hydrogens (tertiary/aromatic N) is 2. The molecule has 0 bridgehead atoms. The van der Waals surface area contributed by atoms with E-state index in [1.807, 2.05) is 0 Å². The van der Waals surface area contributed by atoms with E-state index < -0.39 is 28.6 Å². The number of rotatable bonds is 8. The fraction of sp³-hybridized carbons (Fsp3) is 0.211. The first-order valence-electron chi connectivity index (χ1n) is 8.63. The largest absolute Gasteiger partial charge is 0.513 e. The van der Waals surface area contributed by atoms with Gasteiger partial charge in [-0.15, -0.1) is 0 Å². The standard InChI is InChI=1S/C19H20ClN3O7S/c1-28-17-10-13(4-9-16(17)30-19(25)29-2)11-21-22-18(24)12-23(31(3,26)27)15-7-5-14(20)6-8-15/h4-11H,12H2,1-3H3,(H,22,24)/b21-11-. The molecule has 2 aromatic rings. The van der Waals surface area contributed by atoms with Crippen LogP contribution in [-0.2, 0) is 19.6 Å². The van der Waals surface area contributed by atoms with E-state index in [0.717, 1.165) is 10.6 Å². The van der Waals surface area contributed by atoms with Crippen molar-refractivity contribution in [1.29, 1.82) is 0 Å². The van der Waals surface area contributed by atoms with E-state index in [0.29, 0.717) is 10.6 Å². The Labute approximate surface area is 184 Å². The minimum absolute atomic E-state index is 0.141. The summed E-state index contributed by atoms with van der Waals surface area (Å²) in [4.78, 5) is 23.4. The molecule has 2 rings (SSSR count). The molecule has 0 heterocycles. The molecule has 166 valence electrons. The highest BCUT2D eigenvalue weighted by atomic mass is 35.5. The lowest BCUT2D eigenvalue weighted by Gasteiger charge is -2.21. The number of benzene rings is 2. The van der Waals surface area contributed by atoms with Crippen molar-refractivity contribution >= 4 is 45.6 Å². The lowest BCUT2D eigenvalue weighted by atomic mass is 10.2. The van der Waals surface area contributed by atoms with Gasteiger partial charge in [-0.3, -0.25) is 9.10 Å². The van der Waals surface area contributed by atoms with Gasteiger partial charge < -0.3 is 14.2 Å². The molecule has 0 spiro atoms. The molecule has 12 heteroatoms. The molecule has 0 aliphatic heterocycles. The highest BCUT2D eigenvalue weighted by molar-refractivity contribution is 7.92. The molecular weight excluding hydrogens is 450 g/mol. The predicted molar refractivity (Wildman–Crippen MR) is 115 cm³/mol. The lowest BCUT2D eigenvalue weighted by molar-refractivity contribution is -0.119. The van der Waals surface area contributed by atoms with Gasteiger partial charge in [0.05, 0.1) is 32.4 Å². The minimum Gasteiger partial charge on any atom is -0.493 e. The Balaban J connectivity index is 2.06. The van der Waals surface area contributed by atoms with Crippen LogP contribution in [0.2, 0.25) is 5.02 Å². The average Bonchev–Trinajstić information content (AvgIpc) is 2.72. The Morgan fingerprint density at radius 3 is 2.39 bits per heavy atom. The molecule has 0 unspecified atom stereocenters. The van der Waals surface area contributed by atoms with Crippen LogP contribution in [0.4, 0.5) is 10.5 Å². The van der Waals surface area contributed by atoms with E-state index in [2.05, 4.69) is 15.3 Å². The van der Waals surface area contributed by atoms with E-state index in [9.17, 15) is 18.0 Å². The van der Waals surface area contributed by atoms with Crippen molar-refractivity contribution in [2.75, 3.05) is 31.3 Å². The van der Waals surface area contributed by atoms with Gasteiger partial charge in [0, 0.05) is 5.02 Å². The molecule has 0 aliphatic carbocycles. The summed E-state index contributed by atoms with van der Waals surface area (Å²) in [6.07, 6.45) is 1.40. The van der Waals surface area contributed by atoms with Crippen LogP contribution in [-0.4, -0.2) is 53.7 Å². The number of carbonyl (C=O) groups is 2. The first-order chi connectivity index (χ1) is 14.6. The number of sulfonamides is 1. The number of nitrogens with one attached hydrogen (secondary N) is 1. The first kappa shape index (κ1) is 24.0. The van der Waals surface area contributed by atoms with Gasteiger partial charge in [-0.2, -0.15) is 5.10 Å². The highest BCUT2D eigenvalue weighted by Gasteiger charge is 2.20. The number of methoxy groups -OCH3 is 2. The monoisotopic (exact) mass is 469 g/mol. The molecule has 0 saturated heterocycles. The fourth-order valence-electron chi connectivity index (χ4n) is 2.33. The third-order valence-corrected chi connectivity index (χ3v) is 5.15. The number of carbonyl (C=O) groups excluding carboxylic acids is 2. The van der Waals surface area contributed by atoms with Gasteiger partial charge >= 0.3 is 6.16 Å². The molecule has 0 atom stereocenters. The smallest absolute Gasteiger partial charge is 0.493 e. The molecule has 1 N–H and O–H groups in total. The van der Waals surface area contributed by atoms with Crippen molar-refractivity contribution < 1.29 is 32.2 Å². The van der Waals surface area contributed by atoms with Gasteiger partial charge in [0.2, 0.25) is 10.0 Å². The molecule has 31 heavy (non-hydrogen) atoms. The number of hydrazone groups is 1. The summed E-state index contributed by atoms with van der Waals surface area (Å²) < 4.78 is 39.6. The van der Waals surface area contributed by atoms with Crippen LogP contribution in [0.25, 0.3) is 0 Å². The van der Waals surface area contributed by atoms with Crippen molar-refractivity contribution in [1.82, 2.24) is 5.43 Å². The number of hydrogen-bond acceptors (Lipinski definition) is 8. The van der Waals surface area contributed by atoms with Crippen LogP contribution in [0.1, 0.15) is 5.56 Å². The Bertz CT molecular complexity index is 1070. The maximum Gasteiger partial charge on any atom is 0.513 e. The maximum absolute atomic E-state index is 12.2. The minimum atomic E-state index is -3.72. The molecular formula is C19H20ClN3O7S. The quantitative estimate of drug-likeness (QED) is 0.272. The second-order valence-corrected chi connectivity index (χ2v) is 8.35. The number of halogens is 1. The summed E-state index contributed by atoms with van der Waals surface area (Å²) >= 11 is 5.82. The zero-order valence-electron chi connectivity index (χ0n) is 16.9. The molecule has 2 aromatic carbocycles. The van der Waals surface area contributed by atoms with E-state index in [4.69, 9.17) is 21.1 Å².